The Labute approximate surface area is 220 Å². The Bertz CT molecular complexity index is 1290. The summed E-state index contributed by atoms with van der Waals surface area (Å²) < 4.78 is 50.5. The van der Waals surface area contributed by atoms with Gasteiger partial charge >= 0.3 is 0 Å². The molecular weight excluding hydrogens is 517 g/mol. The van der Waals surface area contributed by atoms with Crippen LogP contribution in [0, 0.1) is 5.82 Å². The Kier molecular flexibility index (Phi) is 9.47. The highest BCUT2D eigenvalue weighted by Crippen LogP contribution is 2.34. The Hall–Kier alpha value is -2.60. The van der Waals surface area contributed by atoms with Crippen LogP contribution in [0.1, 0.15) is 26.2 Å². The molecule has 2 aromatic carbocycles. The molecule has 0 bridgehead atoms. The normalized spacial score (nSPS) is 14.6. The van der Waals surface area contributed by atoms with E-state index in [0.717, 1.165) is 42.9 Å². The van der Waals surface area contributed by atoms with Crippen LogP contribution >= 0.6 is 11.3 Å². The monoisotopic (exact) mass is 549 g/mol. The van der Waals surface area contributed by atoms with Crippen LogP contribution in [0.5, 0.6) is 5.75 Å². The van der Waals surface area contributed by atoms with Crippen LogP contribution in [0.15, 0.2) is 47.4 Å². The molecular formula is C26H32FN3O5S2. The van der Waals surface area contributed by atoms with Crippen LogP contribution in [0.3, 0.4) is 0 Å². The van der Waals surface area contributed by atoms with E-state index in [1.54, 1.807) is 4.90 Å². The Morgan fingerprint density at radius 3 is 2.65 bits per heavy atom. The SMILES string of the molecule is CCOc1cccc2sc(N(CCCN3CCOCC3)C(=O)CCCS(=O)(=O)c3ccc(F)cc3)nc12. The molecule has 0 aliphatic carbocycles. The molecule has 0 spiro atoms. The Morgan fingerprint density at radius 2 is 1.92 bits per heavy atom. The van der Waals surface area contributed by atoms with E-state index < -0.39 is 15.7 Å². The van der Waals surface area contributed by atoms with Crippen LogP contribution in [0.25, 0.3) is 10.2 Å². The van der Waals surface area contributed by atoms with Crippen molar-refractivity contribution in [1.29, 1.82) is 0 Å². The Balaban J connectivity index is 1.46. The topological polar surface area (TPSA) is 89.0 Å². The van der Waals surface area contributed by atoms with Crippen molar-refractivity contribution < 1.29 is 27.1 Å². The fourth-order valence-electron chi connectivity index (χ4n) is 4.21. The average molecular weight is 550 g/mol. The van der Waals surface area contributed by atoms with Gasteiger partial charge in [0.25, 0.3) is 0 Å². The minimum atomic E-state index is -3.61. The van der Waals surface area contributed by atoms with Gasteiger partial charge in [-0.05, 0) is 56.2 Å². The summed E-state index contributed by atoms with van der Waals surface area (Å²) in [6, 6.07) is 10.5. The lowest BCUT2D eigenvalue weighted by molar-refractivity contribution is -0.118. The highest BCUT2D eigenvalue weighted by molar-refractivity contribution is 7.91. The summed E-state index contributed by atoms with van der Waals surface area (Å²) in [5, 5.41) is 0.579. The van der Waals surface area contributed by atoms with Gasteiger partial charge in [0, 0.05) is 32.6 Å². The van der Waals surface area contributed by atoms with Gasteiger partial charge in [-0.25, -0.2) is 17.8 Å². The first-order valence-electron chi connectivity index (χ1n) is 12.5. The molecule has 2 heterocycles. The molecule has 8 nitrogen and oxygen atoms in total. The van der Waals surface area contributed by atoms with Crippen molar-refractivity contribution in [2.45, 2.75) is 31.1 Å². The summed E-state index contributed by atoms with van der Waals surface area (Å²) in [6.07, 6.45) is 0.980. The number of thiazole rings is 1. The average Bonchev–Trinajstić information content (AvgIpc) is 3.32. The van der Waals surface area contributed by atoms with Crippen molar-refractivity contribution >= 4 is 42.4 Å². The number of rotatable bonds is 12. The number of aromatic nitrogens is 1. The molecule has 0 atom stereocenters. The number of para-hydroxylation sites is 1. The standard InChI is InChI=1S/C26H32FN3O5S2/c1-2-35-22-6-3-7-23-25(22)28-26(36-23)30(14-5-13-29-15-17-34-18-16-29)24(31)8-4-19-37(32,33)21-11-9-20(27)10-12-21/h3,6-7,9-12H,2,4-5,8,13-19H2,1H3. The molecule has 200 valence electrons. The van der Waals surface area contributed by atoms with Crippen LogP contribution < -0.4 is 9.64 Å². The molecule has 1 saturated heterocycles. The number of ether oxygens (including phenoxy) is 2. The number of anilines is 1. The van der Waals surface area contributed by atoms with E-state index >= 15 is 0 Å². The maximum Gasteiger partial charge on any atom is 0.228 e. The third-order valence-corrected chi connectivity index (χ3v) is 9.00. The minimum Gasteiger partial charge on any atom is -0.492 e. The van der Waals surface area contributed by atoms with Gasteiger partial charge in [-0.15, -0.1) is 0 Å². The first kappa shape index (κ1) is 27.4. The van der Waals surface area contributed by atoms with Crippen molar-refractivity contribution in [3.63, 3.8) is 0 Å². The number of hydrogen-bond acceptors (Lipinski definition) is 8. The lowest BCUT2D eigenvalue weighted by Crippen LogP contribution is -2.39. The van der Waals surface area contributed by atoms with E-state index in [0.29, 0.717) is 42.8 Å². The number of sulfone groups is 1. The zero-order valence-corrected chi connectivity index (χ0v) is 22.5. The van der Waals surface area contributed by atoms with Crippen molar-refractivity contribution in [3.8, 4) is 5.75 Å². The zero-order chi connectivity index (χ0) is 26.3. The number of amides is 1. The van der Waals surface area contributed by atoms with E-state index in [1.165, 1.54) is 23.5 Å². The summed E-state index contributed by atoms with van der Waals surface area (Å²) in [5.41, 5.74) is 0.717. The van der Waals surface area contributed by atoms with Crippen molar-refractivity contribution in [1.82, 2.24) is 9.88 Å². The minimum absolute atomic E-state index is 0.0540. The Morgan fingerprint density at radius 1 is 1.16 bits per heavy atom. The maximum atomic E-state index is 13.4. The fourth-order valence-corrected chi connectivity index (χ4v) is 6.55. The van der Waals surface area contributed by atoms with E-state index in [-0.39, 0.29) is 29.4 Å². The molecule has 1 amide bonds. The van der Waals surface area contributed by atoms with Crippen molar-refractivity contribution in [2.24, 2.45) is 0 Å². The molecule has 1 fully saturated rings. The van der Waals surface area contributed by atoms with Gasteiger partial charge in [0.2, 0.25) is 5.91 Å². The fraction of sp³-hybridized carbons (Fsp3) is 0.462. The van der Waals surface area contributed by atoms with Gasteiger partial charge in [-0.2, -0.15) is 0 Å². The molecule has 1 aromatic heterocycles. The predicted octanol–water partition coefficient (Wildman–Crippen LogP) is 4.14. The van der Waals surface area contributed by atoms with Crippen LogP contribution in [0.2, 0.25) is 0 Å². The van der Waals surface area contributed by atoms with E-state index in [2.05, 4.69) is 4.90 Å². The first-order valence-corrected chi connectivity index (χ1v) is 15.0. The van der Waals surface area contributed by atoms with Gasteiger partial charge in [-0.1, -0.05) is 17.4 Å². The number of fused-ring (bicyclic) bond motifs is 1. The van der Waals surface area contributed by atoms with Crippen LogP contribution in [-0.2, 0) is 19.4 Å². The molecule has 1 aliphatic rings. The summed E-state index contributed by atoms with van der Waals surface area (Å²) in [5.74, 6) is -0.188. The largest absolute Gasteiger partial charge is 0.492 e. The maximum absolute atomic E-state index is 13.4. The van der Waals surface area contributed by atoms with Crippen LogP contribution in [-0.4, -0.2) is 76.0 Å². The molecule has 37 heavy (non-hydrogen) atoms. The highest BCUT2D eigenvalue weighted by atomic mass is 32.2. The summed E-state index contributed by atoms with van der Waals surface area (Å²) in [7, 11) is -3.61. The first-order chi connectivity index (χ1) is 17.9. The second kappa shape index (κ2) is 12.8. The second-order valence-corrected chi connectivity index (χ2v) is 11.9. The van der Waals surface area contributed by atoms with Gasteiger partial charge in [-0.3, -0.25) is 14.6 Å². The number of carbonyl (C=O) groups excluding carboxylic acids is 1. The van der Waals surface area contributed by atoms with Gasteiger partial charge < -0.3 is 9.47 Å². The number of carbonyl (C=O) groups is 1. The molecule has 0 N–H and O–H groups in total. The summed E-state index contributed by atoms with van der Waals surface area (Å²) >= 11 is 1.42. The van der Waals surface area contributed by atoms with Crippen molar-refractivity contribution in [3.05, 3.63) is 48.3 Å². The molecule has 0 radical (unpaired) electrons. The lowest BCUT2D eigenvalue weighted by Gasteiger charge is -2.27. The number of benzene rings is 2. The number of morpholine rings is 1. The quantitative estimate of drug-likeness (QED) is 0.314. The summed E-state index contributed by atoms with van der Waals surface area (Å²) in [4.78, 5) is 22.1. The number of nitrogens with zero attached hydrogens (tertiary/aromatic N) is 3. The second-order valence-electron chi connectivity index (χ2n) is 8.76. The molecule has 1 aliphatic heterocycles. The molecule has 0 saturated carbocycles. The van der Waals surface area contributed by atoms with E-state index in [4.69, 9.17) is 14.5 Å². The lowest BCUT2D eigenvalue weighted by atomic mass is 10.2. The van der Waals surface area contributed by atoms with Gasteiger partial charge in [0.15, 0.2) is 15.0 Å². The number of hydrogen-bond donors (Lipinski definition) is 0. The zero-order valence-electron chi connectivity index (χ0n) is 20.9. The van der Waals surface area contributed by atoms with Gasteiger partial charge in [0.05, 0.1) is 35.2 Å². The van der Waals surface area contributed by atoms with Gasteiger partial charge in [0.1, 0.15) is 17.1 Å². The third kappa shape index (κ3) is 7.25. The highest BCUT2D eigenvalue weighted by Gasteiger charge is 2.23. The smallest absolute Gasteiger partial charge is 0.228 e. The van der Waals surface area contributed by atoms with Crippen molar-refractivity contribution in [2.75, 3.05) is 56.7 Å². The predicted molar refractivity (Wildman–Crippen MR) is 143 cm³/mol. The molecule has 11 heteroatoms. The summed E-state index contributed by atoms with van der Waals surface area (Å²) in [6.45, 7) is 6.89. The van der Waals surface area contributed by atoms with Crippen LogP contribution in [0.4, 0.5) is 9.52 Å². The van der Waals surface area contributed by atoms with E-state index in [9.17, 15) is 17.6 Å². The van der Waals surface area contributed by atoms with E-state index in [1.807, 2.05) is 25.1 Å². The third-order valence-electron chi connectivity index (χ3n) is 6.14. The number of halogens is 1. The molecule has 0 unspecified atom stereocenters. The molecule has 4 rings (SSSR count). The molecule has 3 aromatic rings.